The number of carbonyl (C=O) groups excluding carboxylic acids is 2. The molecule has 6 heteroatoms. The fraction of sp³-hybridized carbons (Fsp3) is 0.333. The number of benzene rings is 1. The van der Waals surface area contributed by atoms with Crippen molar-refractivity contribution in [2.45, 2.75) is 6.42 Å². The molecule has 1 heterocycles. The summed E-state index contributed by atoms with van der Waals surface area (Å²) in [6, 6.07) is 5.38. The van der Waals surface area contributed by atoms with Gasteiger partial charge in [0, 0.05) is 17.4 Å². The molecule has 1 aliphatic heterocycles. The number of ether oxygens (including phenoxy) is 1. The van der Waals surface area contributed by atoms with E-state index in [1.807, 2.05) is 6.07 Å². The number of hydrogen-bond donors (Lipinski definition) is 0. The Bertz CT molecular complexity index is 506. The van der Waals surface area contributed by atoms with Crippen LogP contribution in [0.2, 0.25) is 0 Å². The van der Waals surface area contributed by atoms with Crippen LogP contribution in [0.4, 0.5) is 5.69 Å². The molecular weight excluding hydrogens is 321 g/mol. The van der Waals surface area contributed by atoms with Crippen molar-refractivity contribution in [1.82, 2.24) is 0 Å². The molecule has 0 saturated carbocycles. The van der Waals surface area contributed by atoms with Gasteiger partial charge in [-0.05, 0) is 29.8 Å². The molecule has 18 heavy (non-hydrogen) atoms. The highest BCUT2D eigenvalue weighted by atomic mass is 79.9. The fourth-order valence-corrected chi connectivity index (χ4v) is 2.45. The van der Waals surface area contributed by atoms with Gasteiger partial charge in [0.1, 0.15) is 5.75 Å². The summed E-state index contributed by atoms with van der Waals surface area (Å²) in [5.74, 6) is 0.0301. The topological polar surface area (TPSA) is 46.6 Å². The van der Waals surface area contributed by atoms with Crippen molar-refractivity contribution < 1.29 is 14.3 Å². The number of methoxy groups -OCH3 is 1. The molecule has 4 nitrogen and oxygen atoms in total. The van der Waals surface area contributed by atoms with E-state index in [4.69, 9.17) is 16.3 Å². The van der Waals surface area contributed by atoms with Crippen LogP contribution < -0.4 is 9.64 Å². The zero-order valence-corrected chi connectivity index (χ0v) is 12.0. The predicted molar refractivity (Wildman–Crippen MR) is 72.0 cm³/mol. The van der Waals surface area contributed by atoms with Gasteiger partial charge >= 0.3 is 0 Å². The maximum Gasteiger partial charge on any atom is 0.227 e. The van der Waals surface area contributed by atoms with E-state index < -0.39 is 11.2 Å². The highest BCUT2D eigenvalue weighted by Crippen LogP contribution is 2.35. The minimum atomic E-state index is -0.470. The smallest absolute Gasteiger partial charge is 0.227 e. The zero-order valence-electron chi connectivity index (χ0n) is 9.65. The van der Waals surface area contributed by atoms with Gasteiger partial charge in [-0.1, -0.05) is 15.9 Å². The van der Waals surface area contributed by atoms with Gasteiger partial charge in [0.05, 0.1) is 18.7 Å². The number of nitrogens with zero attached hydrogens (tertiary/aromatic N) is 1. The minimum absolute atomic E-state index is 0.116. The Morgan fingerprint density at radius 2 is 2.28 bits per heavy atom. The number of carbonyl (C=O) groups is 2. The monoisotopic (exact) mass is 331 g/mol. The molecule has 1 unspecified atom stereocenters. The Morgan fingerprint density at radius 3 is 2.83 bits per heavy atom. The van der Waals surface area contributed by atoms with Gasteiger partial charge in [-0.15, -0.1) is 0 Å². The largest absolute Gasteiger partial charge is 0.495 e. The van der Waals surface area contributed by atoms with Crippen molar-refractivity contribution in [1.29, 1.82) is 0 Å². The number of hydrogen-bond acceptors (Lipinski definition) is 3. The first kappa shape index (κ1) is 13.4. The van der Waals surface area contributed by atoms with Gasteiger partial charge in [-0.3, -0.25) is 9.59 Å². The van der Waals surface area contributed by atoms with E-state index in [1.165, 1.54) is 12.0 Å². The van der Waals surface area contributed by atoms with Crippen LogP contribution in [-0.2, 0) is 9.59 Å². The summed E-state index contributed by atoms with van der Waals surface area (Å²) >= 11 is 8.78. The molecule has 0 bridgehead atoms. The van der Waals surface area contributed by atoms with E-state index in [9.17, 15) is 9.59 Å². The molecule has 1 aromatic rings. The first-order valence-corrected chi connectivity index (χ1v) is 6.53. The van der Waals surface area contributed by atoms with Gasteiger partial charge in [-0.25, -0.2) is 0 Å². The van der Waals surface area contributed by atoms with Crippen molar-refractivity contribution in [3.8, 4) is 5.75 Å². The molecule has 1 fully saturated rings. The molecule has 96 valence electrons. The van der Waals surface area contributed by atoms with Crippen molar-refractivity contribution in [2.24, 2.45) is 5.92 Å². The molecule has 1 aliphatic rings. The summed E-state index contributed by atoms with van der Waals surface area (Å²) in [7, 11) is 1.54. The van der Waals surface area contributed by atoms with E-state index in [-0.39, 0.29) is 12.3 Å². The van der Waals surface area contributed by atoms with Crippen molar-refractivity contribution in [3.63, 3.8) is 0 Å². The second-order valence-corrected chi connectivity index (χ2v) is 5.31. The summed E-state index contributed by atoms with van der Waals surface area (Å²) in [5, 5.41) is -0.470. The summed E-state index contributed by atoms with van der Waals surface area (Å²) in [6.45, 7) is 0.305. The lowest BCUT2D eigenvalue weighted by molar-refractivity contribution is -0.120. The normalized spacial score (nSPS) is 19.2. The predicted octanol–water partition coefficient (Wildman–Crippen LogP) is 2.58. The van der Waals surface area contributed by atoms with Crippen molar-refractivity contribution >= 4 is 44.4 Å². The van der Waals surface area contributed by atoms with Gasteiger partial charge in [0.15, 0.2) is 0 Å². The van der Waals surface area contributed by atoms with Crippen LogP contribution >= 0.6 is 27.5 Å². The lowest BCUT2D eigenvalue weighted by Gasteiger charge is -2.19. The molecule has 0 aliphatic carbocycles. The maximum atomic E-state index is 11.9. The van der Waals surface area contributed by atoms with Crippen LogP contribution in [0.25, 0.3) is 0 Å². The number of amides is 1. The van der Waals surface area contributed by atoms with Crippen LogP contribution in [0.15, 0.2) is 22.7 Å². The van der Waals surface area contributed by atoms with E-state index in [0.717, 1.165) is 4.47 Å². The second kappa shape index (κ2) is 5.28. The van der Waals surface area contributed by atoms with Gasteiger partial charge < -0.3 is 9.64 Å². The molecule has 0 spiro atoms. The maximum absolute atomic E-state index is 11.9. The Hall–Kier alpha value is -1.07. The average Bonchev–Trinajstić information content (AvgIpc) is 2.71. The lowest BCUT2D eigenvalue weighted by atomic mass is 10.1. The summed E-state index contributed by atoms with van der Waals surface area (Å²) in [5.41, 5.74) is 0.658. The quantitative estimate of drug-likeness (QED) is 0.799. The molecule has 1 atom stereocenters. The molecule has 1 amide bonds. The SMILES string of the molecule is COc1cc(Br)ccc1N1CC(C(=O)Cl)CC1=O. The highest BCUT2D eigenvalue weighted by Gasteiger charge is 2.35. The van der Waals surface area contributed by atoms with Crippen molar-refractivity contribution in [2.75, 3.05) is 18.6 Å². The number of halogens is 2. The third-order valence-electron chi connectivity index (χ3n) is 2.88. The van der Waals surface area contributed by atoms with Crippen LogP contribution in [0.5, 0.6) is 5.75 Å². The van der Waals surface area contributed by atoms with Crippen LogP contribution in [0.3, 0.4) is 0 Å². The molecule has 1 saturated heterocycles. The van der Waals surface area contributed by atoms with E-state index in [1.54, 1.807) is 12.1 Å². The van der Waals surface area contributed by atoms with Gasteiger partial charge in [-0.2, -0.15) is 0 Å². The summed E-state index contributed by atoms with van der Waals surface area (Å²) in [4.78, 5) is 24.6. The van der Waals surface area contributed by atoms with E-state index in [0.29, 0.717) is 18.0 Å². The van der Waals surface area contributed by atoms with Gasteiger partial charge in [0.2, 0.25) is 11.1 Å². The second-order valence-electron chi connectivity index (χ2n) is 4.03. The third kappa shape index (κ3) is 2.52. The van der Waals surface area contributed by atoms with Crippen LogP contribution in [-0.4, -0.2) is 24.8 Å². The number of rotatable bonds is 3. The van der Waals surface area contributed by atoms with E-state index in [2.05, 4.69) is 15.9 Å². The molecule has 0 radical (unpaired) electrons. The Kier molecular flexibility index (Phi) is 3.92. The summed E-state index contributed by atoms with van der Waals surface area (Å²) in [6.07, 6.45) is 0.154. The standard InChI is InChI=1S/C12H11BrClNO3/c1-18-10-5-8(13)2-3-9(10)15-6-7(12(14)17)4-11(15)16/h2-3,5,7H,4,6H2,1H3. The van der Waals surface area contributed by atoms with Crippen LogP contribution in [0.1, 0.15) is 6.42 Å². The lowest BCUT2D eigenvalue weighted by Crippen LogP contribution is -2.25. The highest BCUT2D eigenvalue weighted by molar-refractivity contribution is 9.10. The summed E-state index contributed by atoms with van der Waals surface area (Å²) < 4.78 is 6.10. The third-order valence-corrected chi connectivity index (χ3v) is 3.68. The van der Waals surface area contributed by atoms with Gasteiger partial charge in [0.25, 0.3) is 0 Å². The number of anilines is 1. The molecule has 0 aromatic heterocycles. The first-order valence-electron chi connectivity index (χ1n) is 5.36. The molecule has 1 aromatic carbocycles. The molecular formula is C12H11BrClNO3. The Balaban J connectivity index is 2.32. The minimum Gasteiger partial charge on any atom is -0.495 e. The first-order chi connectivity index (χ1) is 8.52. The van der Waals surface area contributed by atoms with Crippen LogP contribution in [0, 0.1) is 5.92 Å². The Labute approximate surface area is 118 Å². The van der Waals surface area contributed by atoms with Crippen molar-refractivity contribution in [3.05, 3.63) is 22.7 Å². The molecule has 0 N–H and O–H groups in total. The average molecular weight is 333 g/mol. The zero-order chi connectivity index (χ0) is 13.3. The fourth-order valence-electron chi connectivity index (χ4n) is 1.97. The van der Waals surface area contributed by atoms with E-state index >= 15 is 0 Å². The molecule has 2 rings (SSSR count). The Morgan fingerprint density at radius 1 is 1.56 bits per heavy atom.